The summed E-state index contributed by atoms with van der Waals surface area (Å²) in [5, 5.41) is 3.43. The lowest BCUT2D eigenvalue weighted by Crippen LogP contribution is -2.36. The van der Waals surface area contributed by atoms with Crippen LogP contribution in [0.15, 0.2) is 12.7 Å². The van der Waals surface area contributed by atoms with Gasteiger partial charge in [0, 0.05) is 6.54 Å². The van der Waals surface area contributed by atoms with E-state index < -0.39 is 0 Å². The molecule has 0 unspecified atom stereocenters. The molecule has 0 amide bonds. The second-order valence-electron chi connectivity index (χ2n) is 4.52. The largest absolute Gasteiger partial charge is 0.317 e. The molecule has 0 atom stereocenters. The van der Waals surface area contributed by atoms with Crippen LogP contribution in [0.1, 0.15) is 32.6 Å². The van der Waals surface area contributed by atoms with E-state index in [1.54, 1.807) is 0 Å². The maximum absolute atomic E-state index is 3.77. The highest BCUT2D eigenvalue weighted by Gasteiger charge is 2.15. The number of rotatable bonds is 7. The van der Waals surface area contributed by atoms with Gasteiger partial charge in [-0.3, -0.25) is 0 Å². The number of allylic oxidation sites excluding steroid dienone is 1. The van der Waals surface area contributed by atoms with Crippen molar-refractivity contribution in [2.75, 3.05) is 32.7 Å². The van der Waals surface area contributed by atoms with Crippen LogP contribution in [0.25, 0.3) is 0 Å². The highest BCUT2D eigenvalue weighted by molar-refractivity contribution is 4.73. The molecule has 88 valence electrons. The Morgan fingerprint density at radius 1 is 1.40 bits per heavy atom. The molecule has 15 heavy (non-hydrogen) atoms. The average molecular weight is 210 g/mol. The number of hydrogen-bond donors (Lipinski definition) is 1. The van der Waals surface area contributed by atoms with Crippen LogP contribution in [0.2, 0.25) is 0 Å². The van der Waals surface area contributed by atoms with E-state index in [1.807, 2.05) is 6.08 Å². The molecule has 1 heterocycles. The SMILES string of the molecule is C=CCCCN(CC)CC1CCNCC1. The molecule has 0 spiro atoms. The van der Waals surface area contributed by atoms with Crippen molar-refractivity contribution in [3.8, 4) is 0 Å². The second-order valence-corrected chi connectivity index (χ2v) is 4.52. The van der Waals surface area contributed by atoms with E-state index in [2.05, 4.69) is 23.7 Å². The van der Waals surface area contributed by atoms with Gasteiger partial charge in [-0.1, -0.05) is 13.0 Å². The minimum absolute atomic E-state index is 0.926. The highest BCUT2D eigenvalue weighted by atomic mass is 15.1. The van der Waals surface area contributed by atoms with Crippen molar-refractivity contribution in [3.63, 3.8) is 0 Å². The van der Waals surface area contributed by atoms with Gasteiger partial charge in [0.1, 0.15) is 0 Å². The van der Waals surface area contributed by atoms with Crippen molar-refractivity contribution in [1.82, 2.24) is 10.2 Å². The smallest absolute Gasteiger partial charge is 0.00105 e. The summed E-state index contributed by atoms with van der Waals surface area (Å²) in [6.45, 7) is 12.2. The summed E-state index contributed by atoms with van der Waals surface area (Å²) in [6.07, 6.45) is 7.17. The number of piperidine rings is 1. The normalized spacial score (nSPS) is 18.3. The summed E-state index contributed by atoms with van der Waals surface area (Å²) in [5.74, 6) is 0.926. The molecule has 0 aromatic heterocycles. The number of nitrogens with one attached hydrogen (secondary N) is 1. The van der Waals surface area contributed by atoms with Crippen LogP contribution in [0.5, 0.6) is 0 Å². The fraction of sp³-hybridized carbons (Fsp3) is 0.846. The molecular weight excluding hydrogens is 184 g/mol. The molecule has 0 saturated carbocycles. The molecular formula is C13H26N2. The average Bonchev–Trinajstić information content (AvgIpc) is 2.29. The monoisotopic (exact) mass is 210 g/mol. The predicted molar refractivity (Wildman–Crippen MR) is 67.1 cm³/mol. The Morgan fingerprint density at radius 3 is 2.73 bits per heavy atom. The molecule has 1 rings (SSSR count). The Kier molecular flexibility index (Phi) is 6.69. The van der Waals surface area contributed by atoms with Gasteiger partial charge in [-0.15, -0.1) is 6.58 Å². The van der Waals surface area contributed by atoms with Crippen molar-refractivity contribution in [1.29, 1.82) is 0 Å². The molecule has 1 saturated heterocycles. The molecule has 2 heteroatoms. The van der Waals surface area contributed by atoms with E-state index in [-0.39, 0.29) is 0 Å². The van der Waals surface area contributed by atoms with Gasteiger partial charge in [-0.2, -0.15) is 0 Å². The first-order valence-corrected chi connectivity index (χ1v) is 6.40. The standard InChI is InChI=1S/C13H26N2/c1-3-5-6-11-15(4-2)12-13-7-9-14-10-8-13/h3,13-14H,1,4-12H2,2H3. The number of unbranched alkanes of at least 4 members (excludes halogenated alkanes) is 1. The summed E-state index contributed by atoms with van der Waals surface area (Å²) in [4.78, 5) is 2.60. The first-order chi connectivity index (χ1) is 7.36. The van der Waals surface area contributed by atoms with E-state index in [0.29, 0.717) is 0 Å². The van der Waals surface area contributed by atoms with Crippen LogP contribution in [0.3, 0.4) is 0 Å². The lowest BCUT2D eigenvalue weighted by molar-refractivity contribution is 0.212. The third-order valence-corrected chi connectivity index (χ3v) is 3.30. The summed E-state index contributed by atoms with van der Waals surface area (Å²) >= 11 is 0. The lowest BCUT2D eigenvalue weighted by atomic mass is 9.97. The Hall–Kier alpha value is -0.340. The van der Waals surface area contributed by atoms with Gasteiger partial charge in [-0.05, 0) is 57.8 Å². The maximum Gasteiger partial charge on any atom is 0.00105 e. The third kappa shape index (κ3) is 5.33. The summed E-state index contributed by atoms with van der Waals surface area (Å²) < 4.78 is 0. The van der Waals surface area contributed by atoms with Gasteiger partial charge in [0.15, 0.2) is 0 Å². The predicted octanol–water partition coefficient (Wildman–Crippen LogP) is 2.27. The van der Waals surface area contributed by atoms with Gasteiger partial charge in [-0.25, -0.2) is 0 Å². The first kappa shape index (κ1) is 12.7. The summed E-state index contributed by atoms with van der Waals surface area (Å²) in [7, 11) is 0. The molecule has 0 radical (unpaired) electrons. The van der Waals surface area contributed by atoms with Gasteiger partial charge in [0.25, 0.3) is 0 Å². The van der Waals surface area contributed by atoms with Crippen molar-refractivity contribution in [3.05, 3.63) is 12.7 Å². The first-order valence-electron chi connectivity index (χ1n) is 6.40. The molecule has 0 aliphatic carbocycles. The Bertz CT molecular complexity index is 162. The Morgan fingerprint density at radius 2 is 2.13 bits per heavy atom. The van der Waals surface area contributed by atoms with E-state index in [0.717, 1.165) is 12.3 Å². The van der Waals surface area contributed by atoms with Crippen molar-refractivity contribution < 1.29 is 0 Å². The second kappa shape index (κ2) is 7.89. The molecule has 1 fully saturated rings. The lowest BCUT2D eigenvalue weighted by Gasteiger charge is -2.29. The fourth-order valence-corrected chi connectivity index (χ4v) is 2.27. The minimum Gasteiger partial charge on any atom is -0.317 e. The van der Waals surface area contributed by atoms with Crippen LogP contribution < -0.4 is 5.32 Å². The quantitative estimate of drug-likeness (QED) is 0.512. The summed E-state index contributed by atoms with van der Waals surface area (Å²) in [6, 6.07) is 0. The zero-order valence-corrected chi connectivity index (χ0v) is 10.2. The van der Waals surface area contributed by atoms with Crippen molar-refractivity contribution in [2.45, 2.75) is 32.6 Å². The van der Waals surface area contributed by atoms with Crippen LogP contribution in [0.4, 0.5) is 0 Å². The van der Waals surface area contributed by atoms with E-state index in [1.165, 1.54) is 52.0 Å². The topological polar surface area (TPSA) is 15.3 Å². The Labute approximate surface area is 94.7 Å². The third-order valence-electron chi connectivity index (χ3n) is 3.30. The molecule has 0 bridgehead atoms. The van der Waals surface area contributed by atoms with Gasteiger partial charge in [0.2, 0.25) is 0 Å². The van der Waals surface area contributed by atoms with Gasteiger partial charge in [0.05, 0.1) is 0 Å². The maximum atomic E-state index is 3.77. The number of nitrogens with zero attached hydrogens (tertiary/aromatic N) is 1. The highest BCUT2D eigenvalue weighted by Crippen LogP contribution is 2.13. The molecule has 0 aromatic carbocycles. The zero-order chi connectivity index (χ0) is 10.9. The van der Waals surface area contributed by atoms with Crippen LogP contribution in [-0.2, 0) is 0 Å². The molecule has 2 nitrogen and oxygen atoms in total. The Balaban J connectivity index is 2.16. The van der Waals surface area contributed by atoms with E-state index in [4.69, 9.17) is 0 Å². The van der Waals surface area contributed by atoms with E-state index >= 15 is 0 Å². The fourth-order valence-electron chi connectivity index (χ4n) is 2.27. The van der Waals surface area contributed by atoms with Crippen LogP contribution in [-0.4, -0.2) is 37.6 Å². The van der Waals surface area contributed by atoms with Crippen molar-refractivity contribution >= 4 is 0 Å². The number of hydrogen-bond acceptors (Lipinski definition) is 2. The molecule has 0 aromatic rings. The van der Waals surface area contributed by atoms with E-state index in [9.17, 15) is 0 Å². The zero-order valence-electron chi connectivity index (χ0n) is 10.2. The molecule has 1 aliphatic heterocycles. The minimum atomic E-state index is 0.926. The summed E-state index contributed by atoms with van der Waals surface area (Å²) in [5.41, 5.74) is 0. The van der Waals surface area contributed by atoms with Crippen molar-refractivity contribution in [2.24, 2.45) is 5.92 Å². The molecule has 1 aliphatic rings. The molecule has 1 N–H and O–H groups in total. The van der Waals surface area contributed by atoms with Crippen LogP contribution >= 0.6 is 0 Å². The van der Waals surface area contributed by atoms with Gasteiger partial charge >= 0.3 is 0 Å². The van der Waals surface area contributed by atoms with Crippen LogP contribution in [0, 0.1) is 5.92 Å². The van der Waals surface area contributed by atoms with Gasteiger partial charge < -0.3 is 10.2 Å².